The molecule has 0 aliphatic heterocycles. The molecule has 1 aliphatic rings. The summed E-state index contributed by atoms with van der Waals surface area (Å²) in [5.74, 6) is 0. The van der Waals surface area contributed by atoms with Gasteiger partial charge in [0.1, 0.15) is 0 Å². The van der Waals surface area contributed by atoms with E-state index in [0.717, 1.165) is 25.7 Å². The summed E-state index contributed by atoms with van der Waals surface area (Å²) in [6.45, 7) is 0. The second-order valence-electron chi connectivity index (χ2n) is 4.63. The van der Waals surface area contributed by atoms with Crippen molar-refractivity contribution >= 4 is 21.6 Å². The standard InChI is InChI=1S/C12H17ClN2O2S/c13-9-5-7-10(8-6-9)18(16,17)15-12-4-2-1-3-11(12)14/h5-8,11-12,15H,1-4,14H2/t11-,12-/m1/s1. The lowest BCUT2D eigenvalue weighted by molar-refractivity contribution is 0.361. The predicted molar refractivity (Wildman–Crippen MR) is 72.0 cm³/mol. The molecular weight excluding hydrogens is 272 g/mol. The highest BCUT2D eigenvalue weighted by Crippen LogP contribution is 2.20. The first-order valence-electron chi connectivity index (χ1n) is 6.02. The Morgan fingerprint density at radius 3 is 2.39 bits per heavy atom. The van der Waals surface area contributed by atoms with Crippen LogP contribution in [0.1, 0.15) is 25.7 Å². The Morgan fingerprint density at radius 2 is 1.78 bits per heavy atom. The van der Waals surface area contributed by atoms with Crippen molar-refractivity contribution in [2.75, 3.05) is 0 Å². The molecule has 1 aromatic rings. The smallest absolute Gasteiger partial charge is 0.240 e. The summed E-state index contributed by atoms with van der Waals surface area (Å²) in [6, 6.07) is 5.87. The Bertz CT molecular complexity index is 501. The number of benzene rings is 1. The highest BCUT2D eigenvalue weighted by molar-refractivity contribution is 7.89. The second kappa shape index (κ2) is 5.57. The van der Waals surface area contributed by atoms with Gasteiger partial charge in [-0.15, -0.1) is 0 Å². The van der Waals surface area contributed by atoms with E-state index in [1.807, 2.05) is 0 Å². The molecule has 1 saturated carbocycles. The lowest BCUT2D eigenvalue weighted by Gasteiger charge is -2.29. The van der Waals surface area contributed by atoms with Crippen LogP contribution in [-0.2, 0) is 10.0 Å². The van der Waals surface area contributed by atoms with Crippen molar-refractivity contribution in [2.24, 2.45) is 5.73 Å². The Morgan fingerprint density at radius 1 is 1.17 bits per heavy atom. The van der Waals surface area contributed by atoms with Crippen molar-refractivity contribution in [1.29, 1.82) is 0 Å². The summed E-state index contributed by atoms with van der Waals surface area (Å²) in [4.78, 5) is 0.227. The summed E-state index contributed by atoms with van der Waals surface area (Å²) in [5, 5.41) is 0.517. The van der Waals surface area contributed by atoms with Crippen LogP contribution in [0.5, 0.6) is 0 Å². The predicted octanol–water partition coefficient (Wildman–Crippen LogP) is 1.89. The van der Waals surface area contributed by atoms with Crippen LogP contribution in [-0.4, -0.2) is 20.5 Å². The molecular formula is C12H17ClN2O2S. The third-order valence-electron chi connectivity index (χ3n) is 3.25. The quantitative estimate of drug-likeness (QED) is 0.892. The van der Waals surface area contributed by atoms with Crippen molar-refractivity contribution in [1.82, 2.24) is 4.72 Å². The molecule has 0 heterocycles. The van der Waals surface area contributed by atoms with Crippen LogP contribution in [0.4, 0.5) is 0 Å². The molecule has 100 valence electrons. The molecule has 0 saturated heterocycles. The van der Waals surface area contributed by atoms with E-state index in [4.69, 9.17) is 17.3 Å². The molecule has 4 nitrogen and oxygen atoms in total. The summed E-state index contributed by atoms with van der Waals surface area (Å²) >= 11 is 5.74. The fraction of sp³-hybridized carbons (Fsp3) is 0.500. The maximum atomic E-state index is 12.1. The number of sulfonamides is 1. The number of halogens is 1. The van der Waals surface area contributed by atoms with Gasteiger partial charge in [-0.05, 0) is 37.1 Å². The van der Waals surface area contributed by atoms with Crippen LogP contribution in [0.15, 0.2) is 29.2 Å². The fourth-order valence-electron chi connectivity index (χ4n) is 2.19. The van der Waals surface area contributed by atoms with E-state index in [1.165, 1.54) is 12.1 Å². The van der Waals surface area contributed by atoms with Gasteiger partial charge >= 0.3 is 0 Å². The van der Waals surface area contributed by atoms with Crippen LogP contribution in [0.25, 0.3) is 0 Å². The van der Waals surface area contributed by atoms with Gasteiger partial charge in [0.2, 0.25) is 10.0 Å². The van der Waals surface area contributed by atoms with Crippen molar-refractivity contribution in [2.45, 2.75) is 42.7 Å². The lowest BCUT2D eigenvalue weighted by atomic mass is 9.92. The number of hydrogen-bond donors (Lipinski definition) is 2. The van der Waals surface area contributed by atoms with E-state index in [0.29, 0.717) is 5.02 Å². The lowest BCUT2D eigenvalue weighted by Crippen LogP contribution is -2.49. The summed E-state index contributed by atoms with van der Waals surface area (Å²) < 4.78 is 27.0. The van der Waals surface area contributed by atoms with Gasteiger partial charge < -0.3 is 5.73 Å². The van der Waals surface area contributed by atoms with E-state index in [2.05, 4.69) is 4.72 Å². The average molecular weight is 289 g/mol. The summed E-state index contributed by atoms with van der Waals surface area (Å²) in [5.41, 5.74) is 5.94. The number of nitrogens with one attached hydrogen (secondary N) is 1. The molecule has 0 bridgehead atoms. The van der Waals surface area contributed by atoms with Gasteiger partial charge in [-0.1, -0.05) is 24.4 Å². The monoisotopic (exact) mass is 288 g/mol. The fourth-order valence-corrected chi connectivity index (χ4v) is 3.63. The topological polar surface area (TPSA) is 72.2 Å². The molecule has 2 rings (SSSR count). The van der Waals surface area contributed by atoms with Crippen LogP contribution in [0.2, 0.25) is 5.02 Å². The van der Waals surface area contributed by atoms with E-state index < -0.39 is 10.0 Å². The van der Waals surface area contributed by atoms with Crippen LogP contribution >= 0.6 is 11.6 Å². The Labute approximate surface area is 113 Å². The van der Waals surface area contributed by atoms with Crippen molar-refractivity contribution < 1.29 is 8.42 Å². The average Bonchev–Trinajstić information content (AvgIpc) is 2.32. The van der Waals surface area contributed by atoms with Gasteiger partial charge in [-0.25, -0.2) is 13.1 Å². The molecule has 1 aliphatic carbocycles. The molecule has 0 aromatic heterocycles. The third-order valence-corrected chi connectivity index (χ3v) is 5.01. The van der Waals surface area contributed by atoms with Crippen molar-refractivity contribution in [3.63, 3.8) is 0 Å². The largest absolute Gasteiger partial charge is 0.326 e. The highest BCUT2D eigenvalue weighted by atomic mass is 35.5. The Balaban J connectivity index is 2.13. The molecule has 18 heavy (non-hydrogen) atoms. The maximum Gasteiger partial charge on any atom is 0.240 e. The summed E-state index contributed by atoms with van der Waals surface area (Å²) in [7, 11) is -3.50. The van der Waals surface area contributed by atoms with Crippen LogP contribution in [0.3, 0.4) is 0 Å². The molecule has 0 spiro atoms. The number of hydrogen-bond acceptors (Lipinski definition) is 3. The Kier molecular flexibility index (Phi) is 4.27. The molecule has 1 fully saturated rings. The molecule has 6 heteroatoms. The first-order chi connectivity index (χ1) is 8.49. The Hall–Kier alpha value is -0.620. The number of nitrogens with two attached hydrogens (primary N) is 1. The zero-order valence-electron chi connectivity index (χ0n) is 9.97. The molecule has 0 radical (unpaired) electrons. The van der Waals surface area contributed by atoms with E-state index in [1.54, 1.807) is 12.1 Å². The summed E-state index contributed by atoms with van der Waals surface area (Å²) in [6.07, 6.45) is 3.75. The van der Waals surface area contributed by atoms with Gasteiger partial charge in [0.05, 0.1) is 4.90 Å². The van der Waals surface area contributed by atoms with E-state index in [-0.39, 0.29) is 17.0 Å². The first-order valence-corrected chi connectivity index (χ1v) is 7.88. The third kappa shape index (κ3) is 3.23. The second-order valence-corrected chi connectivity index (χ2v) is 6.78. The van der Waals surface area contributed by atoms with Gasteiger partial charge in [0.15, 0.2) is 0 Å². The normalized spacial score (nSPS) is 25.0. The van der Waals surface area contributed by atoms with Crippen LogP contribution in [0, 0.1) is 0 Å². The zero-order valence-corrected chi connectivity index (χ0v) is 11.5. The molecule has 1 aromatic carbocycles. The van der Waals surface area contributed by atoms with Gasteiger partial charge in [0.25, 0.3) is 0 Å². The zero-order chi connectivity index (χ0) is 13.2. The molecule has 0 amide bonds. The minimum atomic E-state index is -3.50. The van der Waals surface area contributed by atoms with Crippen molar-refractivity contribution in [3.8, 4) is 0 Å². The van der Waals surface area contributed by atoms with E-state index in [9.17, 15) is 8.42 Å². The van der Waals surface area contributed by atoms with Crippen LogP contribution < -0.4 is 10.5 Å². The van der Waals surface area contributed by atoms with Gasteiger partial charge in [0, 0.05) is 17.1 Å². The minimum absolute atomic E-state index is 0.0965. The minimum Gasteiger partial charge on any atom is -0.326 e. The van der Waals surface area contributed by atoms with Gasteiger partial charge in [-0.3, -0.25) is 0 Å². The SMILES string of the molecule is N[C@@H]1CCCC[C@H]1NS(=O)(=O)c1ccc(Cl)cc1. The number of rotatable bonds is 3. The molecule has 0 unspecified atom stereocenters. The molecule has 3 N–H and O–H groups in total. The maximum absolute atomic E-state index is 12.1. The molecule has 2 atom stereocenters. The highest BCUT2D eigenvalue weighted by Gasteiger charge is 2.26. The first kappa shape index (κ1) is 13.8. The van der Waals surface area contributed by atoms with E-state index >= 15 is 0 Å². The van der Waals surface area contributed by atoms with Gasteiger partial charge in [-0.2, -0.15) is 0 Å². The van der Waals surface area contributed by atoms with Crippen molar-refractivity contribution in [3.05, 3.63) is 29.3 Å².